The molecule has 0 atom stereocenters. The van der Waals surface area contributed by atoms with Crippen molar-refractivity contribution in [2.75, 3.05) is 7.11 Å². The van der Waals surface area contributed by atoms with Crippen LogP contribution in [0.5, 0.6) is 0 Å². The summed E-state index contributed by atoms with van der Waals surface area (Å²) in [7, 11) is 1.40. The zero-order chi connectivity index (χ0) is 12.8. The third-order valence-corrected chi connectivity index (χ3v) is 3.38. The first-order chi connectivity index (χ1) is 8.81. The van der Waals surface area contributed by atoms with Gasteiger partial charge in [-0.25, -0.2) is 4.79 Å². The Morgan fingerprint density at radius 3 is 2.83 bits per heavy atom. The molecule has 0 saturated carbocycles. The monoisotopic (exact) mass is 261 g/mol. The van der Waals surface area contributed by atoms with E-state index in [0.717, 1.165) is 12.1 Å². The molecule has 0 fully saturated rings. The van der Waals surface area contributed by atoms with Crippen molar-refractivity contribution in [2.24, 2.45) is 0 Å². The third kappa shape index (κ3) is 3.18. The highest BCUT2D eigenvalue weighted by atomic mass is 32.1. The van der Waals surface area contributed by atoms with Gasteiger partial charge in [-0.15, -0.1) is 0 Å². The van der Waals surface area contributed by atoms with Crippen LogP contribution in [0.25, 0.3) is 0 Å². The molecule has 0 bridgehead atoms. The number of benzene rings is 1. The first kappa shape index (κ1) is 12.8. The number of hydrogen-bond acceptors (Lipinski definition) is 4. The van der Waals surface area contributed by atoms with E-state index in [1.807, 2.05) is 18.2 Å². The van der Waals surface area contributed by atoms with Crippen molar-refractivity contribution in [1.29, 1.82) is 0 Å². The van der Waals surface area contributed by atoms with E-state index in [2.05, 4.69) is 22.1 Å². The van der Waals surface area contributed by atoms with Crippen LogP contribution in [0, 0.1) is 0 Å². The van der Waals surface area contributed by atoms with Crippen LogP contribution >= 0.6 is 11.3 Å². The van der Waals surface area contributed by atoms with Crippen LogP contribution in [0.4, 0.5) is 0 Å². The van der Waals surface area contributed by atoms with Crippen LogP contribution in [0.15, 0.2) is 41.1 Å². The second kappa shape index (κ2) is 6.33. The Kier molecular flexibility index (Phi) is 4.50. The van der Waals surface area contributed by atoms with Crippen LogP contribution in [-0.4, -0.2) is 13.1 Å². The molecule has 3 nitrogen and oxygen atoms in total. The molecular weight excluding hydrogens is 246 g/mol. The normalized spacial score (nSPS) is 10.3. The van der Waals surface area contributed by atoms with E-state index in [4.69, 9.17) is 4.74 Å². The van der Waals surface area contributed by atoms with E-state index in [9.17, 15) is 4.79 Å². The molecule has 0 aliphatic heterocycles. The highest BCUT2D eigenvalue weighted by molar-refractivity contribution is 7.07. The maximum atomic E-state index is 11.6. The molecule has 2 rings (SSSR count). The average molecular weight is 261 g/mol. The molecule has 0 spiro atoms. The first-order valence-corrected chi connectivity index (χ1v) is 6.63. The molecule has 1 N–H and O–H groups in total. The van der Waals surface area contributed by atoms with E-state index in [-0.39, 0.29) is 5.97 Å². The van der Waals surface area contributed by atoms with Crippen molar-refractivity contribution >= 4 is 17.3 Å². The first-order valence-electron chi connectivity index (χ1n) is 5.69. The summed E-state index contributed by atoms with van der Waals surface area (Å²) in [6.45, 7) is 1.46. The standard InChI is InChI=1S/C14H15NO2S/c1-17-14(16)13-5-3-2-4-12(13)9-15-8-11-6-7-18-10-11/h2-7,10,15H,8-9H2,1H3. The number of thiophene rings is 1. The topological polar surface area (TPSA) is 38.3 Å². The minimum Gasteiger partial charge on any atom is -0.465 e. The number of methoxy groups -OCH3 is 1. The van der Waals surface area contributed by atoms with Gasteiger partial charge in [-0.3, -0.25) is 0 Å². The molecule has 0 aliphatic rings. The van der Waals surface area contributed by atoms with Crippen LogP contribution in [0.3, 0.4) is 0 Å². The summed E-state index contributed by atoms with van der Waals surface area (Å²) in [6.07, 6.45) is 0. The van der Waals surface area contributed by atoms with E-state index in [1.54, 1.807) is 17.4 Å². The Labute approximate surface area is 110 Å². The molecule has 0 radical (unpaired) electrons. The summed E-state index contributed by atoms with van der Waals surface area (Å²) in [5, 5.41) is 7.49. The Morgan fingerprint density at radius 1 is 1.28 bits per heavy atom. The Morgan fingerprint density at radius 2 is 2.11 bits per heavy atom. The molecular formula is C14H15NO2S. The summed E-state index contributed by atoms with van der Waals surface area (Å²) in [4.78, 5) is 11.6. The lowest BCUT2D eigenvalue weighted by Gasteiger charge is -2.08. The minimum atomic E-state index is -0.289. The summed E-state index contributed by atoms with van der Waals surface area (Å²) < 4.78 is 4.76. The molecule has 94 valence electrons. The number of hydrogen-bond donors (Lipinski definition) is 1. The Hall–Kier alpha value is -1.65. The molecule has 0 unspecified atom stereocenters. The van der Waals surface area contributed by atoms with Crippen LogP contribution in [0.2, 0.25) is 0 Å². The largest absolute Gasteiger partial charge is 0.465 e. The van der Waals surface area contributed by atoms with Crippen LogP contribution in [0.1, 0.15) is 21.5 Å². The molecule has 1 heterocycles. The number of esters is 1. The van der Waals surface area contributed by atoms with Gasteiger partial charge in [-0.1, -0.05) is 18.2 Å². The number of rotatable bonds is 5. The van der Waals surface area contributed by atoms with Gasteiger partial charge >= 0.3 is 5.97 Å². The van der Waals surface area contributed by atoms with E-state index < -0.39 is 0 Å². The van der Waals surface area contributed by atoms with E-state index in [1.165, 1.54) is 12.7 Å². The van der Waals surface area contributed by atoms with Gasteiger partial charge in [0.25, 0.3) is 0 Å². The number of nitrogens with one attached hydrogen (secondary N) is 1. The van der Waals surface area contributed by atoms with Gasteiger partial charge in [0.15, 0.2) is 0 Å². The fraction of sp³-hybridized carbons (Fsp3) is 0.214. The highest BCUT2D eigenvalue weighted by Crippen LogP contribution is 2.11. The number of ether oxygens (including phenoxy) is 1. The van der Waals surface area contributed by atoms with Crippen molar-refractivity contribution in [3.8, 4) is 0 Å². The summed E-state index contributed by atoms with van der Waals surface area (Å²) >= 11 is 1.68. The number of carbonyl (C=O) groups excluding carboxylic acids is 1. The maximum absolute atomic E-state index is 11.6. The third-order valence-electron chi connectivity index (χ3n) is 2.65. The van der Waals surface area contributed by atoms with Crippen molar-refractivity contribution in [1.82, 2.24) is 5.32 Å². The fourth-order valence-electron chi connectivity index (χ4n) is 1.72. The molecule has 0 aliphatic carbocycles. The van der Waals surface area contributed by atoms with Crippen LogP contribution in [-0.2, 0) is 17.8 Å². The van der Waals surface area contributed by atoms with Gasteiger partial charge in [0.05, 0.1) is 12.7 Å². The Bertz CT molecular complexity index is 508. The van der Waals surface area contributed by atoms with E-state index in [0.29, 0.717) is 12.1 Å². The molecule has 18 heavy (non-hydrogen) atoms. The smallest absolute Gasteiger partial charge is 0.338 e. The van der Waals surface area contributed by atoms with Crippen molar-refractivity contribution in [3.05, 3.63) is 57.8 Å². The lowest BCUT2D eigenvalue weighted by atomic mass is 10.1. The quantitative estimate of drug-likeness (QED) is 0.841. The second-order valence-electron chi connectivity index (χ2n) is 3.88. The van der Waals surface area contributed by atoms with E-state index >= 15 is 0 Å². The Balaban J connectivity index is 1.98. The van der Waals surface area contributed by atoms with Gasteiger partial charge < -0.3 is 10.1 Å². The molecule has 1 aromatic carbocycles. The highest BCUT2D eigenvalue weighted by Gasteiger charge is 2.10. The average Bonchev–Trinajstić information content (AvgIpc) is 2.92. The predicted octanol–water partition coefficient (Wildman–Crippen LogP) is 2.82. The zero-order valence-corrected chi connectivity index (χ0v) is 11.0. The molecule has 0 amide bonds. The summed E-state index contributed by atoms with van der Waals surface area (Å²) in [5.74, 6) is -0.289. The predicted molar refractivity (Wildman–Crippen MR) is 72.6 cm³/mol. The zero-order valence-electron chi connectivity index (χ0n) is 10.2. The van der Waals surface area contributed by atoms with Crippen molar-refractivity contribution < 1.29 is 9.53 Å². The molecule has 1 aromatic heterocycles. The van der Waals surface area contributed by atoms with Crippen molar-refractivity contribution in [2.45, 2.75) is 13.1 Å². The van der Waals surface area contributed by atoms with Gasteiger partial charge in [0, 0.05) is 13.1 Å². The fourth-order valence-corrected chi connectivity index (χ4v) is 2.39. The molecule has 4 heteroatoms. The minimum absolute atomic E-state index is 0.289. The van der Waals surface area contributed by atoms with Gasteiger partial charge in [0.2, 0.25) is 0 Å². The maximum Gasteiger partial charge on any atom is 0.338 e. The summed E-state index contributed by atoms with van der Waals surface area (Å²) in [6, 6.07) is 9.58. The van der Waals surface area contributed by atoms with Crippen LogP contribution < -0.4 is 5.32 Å². The lowest BCUT2D eigenvalue weighted by molar-refractivity contribution is 0.0599. The van der Waals surface area contributed by atoms with Gasteiger partial charge in [-0.2, -0.15) is 11.3 Å². The number of carbonyl (C=O) groups is 1. The SMILES string of the molecule is COC(=O)c1ccccc1CNCc1ccsc1. The van der Waals surface area contributed by atoms with Gasteiger partial charge in [0.1, 0.15) is 0 Å². The van der Waals surface area contributed by atoms with Crippen molar-refractivity contribution in [3.63, 3.8) is 0 Å². The lowest BCUT2D eigenvalue weighted by Crippen LogP contribution is -2.15. The molecule has 2 aromatic rings. The van der Waals surface area contributed by atoms with Gasteiger partial charge in [-0.05, 0) is 34.0 Å². The molecule has 0 saturated heterocycles. The summed E-state index contributed by atoms with van der Waals surface area (Å²) in [5.41, 5.74) is 2.84. The second-order valence-corrected chi connectivity index (χ2v) is 4.66.